The van der Waals surface area contributed by atoms with Crippen molar-refractivity contribution in [1.29, 1.82) is 0 Å². The summed E-state index contributed by atoms with van der Waals surface area (Å²) in [6.45, 7) is -0.413. The predicted molar refractivity (Wildman–Crippen MR) is 67.0 cm³/mol. The number of nitrogen functional groups attached to an aromatic ring is 1. The average Bonchev–Trinajstić information content (AvgIpc) is 2.30. The Labute approximate surface area is 109 Å². The summed E-state index contributed by atoms with van der Waals surface area (Å²) in [7, 11) is 2.76. The molecule has 0 saturated heterocycles. The van der Waals surface area contributed by atoms with Crippen LogP contribution < -0.4 is 10.5 Å². The second kappa shape index (κ2) is 5.59. The van der Waals surface area contributed by atoms with E-state index in [0.717, 1.165) is 4.90 Å². The fourth-order valence-corrected chi connectivity index (χ4v) is 1.55. The number of nitrogens with two attached hydrogens (primary N) is 1. The van der Waals surface area contributed by atoms with Gasteiger partial charge in [-0.3, -0.25) is 9.59 Å². The number of rotatable bonds is 4. The molecule has 98 valence electrons. The van der Waals surface area contributed by atoms with E-state index in [-0.39, 0.29) is 22.0 Å². The number of aliphatic carboxylic acids is 1. The van der Waals surface area contributed by atoms with Crippen LogP contribution in [0.4, 0.5) is 5.69 Å². The van der Waals surface area contributed by atoms with Crippen LogP contribution in [0.3, 0.4) is 0 Å². The van der Waals surface area contributed by atoms with Crippen molar-refractivity contribution in [3.05, 3.63) is 22.7 Å². The van der Waals surface area contributed by atoms with Crippen LogP contribution in [0.2, 0.25) is 5.02 Å². The normalized spacial score (nSPS) is 9.94. The second-order valence-electron chi connectivity index (χ2n) is 3.63. The van der Waals surface area contributed by atoms with E-state index in [4.69, 9.17) is 27.2 Å². The lowest BCUT2D eigenvalue weighted by Gasteiger charge is -2.17. The van der Waals surface area contributed by atoms with Crippen LogP contribution in [0.25, 0.3) is 0 Å². The van der Waals surface area contributed by atoms with Gasteiger partial charge in [-0.05, 0) is 6.07 Å². The third kappa shape index (κ3) is 3.04. The standard InChI is InChI=1S/C11H13ClN2O4/c1-14(5-10(15)16)11(17)6-3-7(12)8(13)4-9(6)18-2/h3-4H,5,13H2,1-2H3,(H,15,16). The van der Waals surface area contributed by atoms with Crippen molar-refractivity contribution >= 4 is 29.2 Å². The Hall–Kier alpha value is -1.95. The van der Waals surface area contributed by atoms with Crippen LogP contribution in [0.15, 0.2) is 12.1 Å². The minimum absolute atomic E-state index is 0.167. The molecular weight excluding hydrogens is 260 g/mol. The lowest BCUT2D eigenvalue weighted by Crippen LogP contribution is -2.32. The Balaban J connectivity index is 3.12. The first-order valence-electron chi connectivity index (χ1n) is 4.97. The third-order valence-electron chi connectivity index (χ3n) is 2.27. The smallest absolute Gasteiger partial charge is 0.323 e. The molecule has 1 aromatic carbocycles. The number of carboxylic acids is 1. The first-order valence-corrected chi connectivity index (χ1v) is 5.35. The Kier molecular flexibility index (Phi) is 4.38. The van der Waals surface area contributed by atoms with Crippen molar-refractivity contribution in [2.24, 2.45) is 0 Å². The average molecular weight is 273 g/mol. The van der Waals surface area contributed by atoms with Crippen molar-refractivity contribution in [2.75, 3.05) is 26.4 Å². The molecule has 3 N–H and O–H groups in total. The maximum atomic E-state index is 12.0. The van der Waals surface area contributed by atoms with E-state index in [1.54, 1.807) is 0 Å². The summed E-state index contributed by atoms with van der Waals surface area (Å²) in [5.74, 6) is -1.36. The highest BCUT2D eigenvalue weighted by atomic mass is 35.5. The van der Waals surface area contributed by atoms with Gasteiger partial charge in [0.2, 0.25) is 0 Å². The number of carboxylic acid groups (broad SMARTS) is 1. The summed E-state index contributed by atoms with van der Waals surface area (Å²) < 4.78 is 5.02. The maximum Gasteiger partial charge on any atom is 0.323 e. The number of hydrogen-bond donors (Lipinski definition) is 2. The Morgan fingerprint density at radius 2 is 2.11 bits per heavy atom. The molecule has 0 atom stereocenters. The minimum Gasteiger partial charge on any atom is -0.496 e. The number of anilines is 1. The number of carbonyl (C=O) groups is 2. The lowest BCUT2D eigenvalue weighted by atomic mass is 10.1. The summed E-state index contributed by atoms with van der Waals surface area (Å²) in [5, 5.41) is 8.84. The summed E-state index contributed by atoms with van der Waals surface area (Å²) in [6, 6.07) is 2.78. The van der Waals surface area contributed by atoms with Crippen molar-refractivity contribution in [2.45, 2.75) is 0 Å². The molecule has 0 aromatic heterocycles. The number of carbonyl (C=O) groups excluding carboxylic acids is 1. The molecule has 0 saturated carbocycles. The van der Waals surface area contributed by atoms with Crippen molar-refractivity contribution in [3.8, 4) is 5.75 Å². The van der Waals surface area contributed by atoms with Gasteiger partial charge in [-0.15, -0.1) is 0 Å². The van der Waals surface area contributed by atoms with E-state index in [1.807, 2.05) is 0 Å². The van der Waals surface area contributed by atoms with Crippen LogP contribution in [0.5, 0.6) is 5.75 Å². The molecule has 0 fully saturated rings. The van der Waals surface area contributed by atoms with Gasteiger partial charge < -0.3 is 20.5 Å². The van der Waals surface area contributed by atoms with E-state index >= 15 is 0 Å². The largest absolute Gasteiger partial charge is 0.496 e. The van der Waals surface area contributed by atoms with Gasteiger partial charge in [-0.2, -0.15) is 0 Å². The lowest BCUT2D eigenvalue weighted by molar-refractivity contribution is -0.137. The van der Waals surface area contributed by atoms with Gasteiger partial charge in [-0.25, -0.2) is 0 Å². The molecule has 1 amide bonds. The molecule has 0 aliphatic carbocycles. The fourth-order valence-electron chi connectivity index (χ4n) is 1.39. The first kappa shape index (κ1) is 14.1. The summed E-state index contributed by atoms with van der Waals surface area (Å²) in [5.41, 5.74) is 6.04. The topological polar surface area (TPSA) is 92.9 Å². The van der Waals surface area contributed by atoms with Gasteiger partial charge in [0, 0.05) is 13.1 Å². The molecule has 0 unspecified atom stereocenters. The van der Waals surface area contributed by atoms with E-state index in [0.29, 0.717) is 0 Å². The molecule has 6 nitrogen and oxygen atoms in total. The SMILES string of the molecule is COc1cc(N)c(Cl)cc1C(=O)N(C)CC(=O)O. The van der Waals surface area contributed by atoms with Crippen molar-refractivity contribution in [3.63, 3.8) is 0 Å². The number of methoxy groups -OCH3 is 1. The zero-order chi connectivity index (χ0) is 13.9. The molecule has 0 aliphatic rings. The van der Waals surface area contributed by atoms with Gasteiger partial charge >= 0.3 is 5.97 Å². The second-order valence-corrected chi connectivity index (χ2v) is 4.04. The maximum absolute atomic E-state index is 12.0. The van der Waals surface area contributed by atoms with E-state index < -0.39 is 18.4 Å². The number of nitrogens with zero attached hydrogens (tertiary/aromatic N) is 1. The van der Waals surface area contributed by atoms with E-state index in [1.165, 1.54) is 26.3 Å². The summed E-state index contributed by atoms with van der Waals surface area (Å²) in [4.78, 5) is 23.6. The molecule has 1 aromatic rings. The number of amides is 1. The molecule has 0 bridgehead atoms. The number of likely N-dealkylation sites (N-methyl/N-ethyl adjacent to an activating group) is 1. The molecule has 18 heavy (non-hydrogen) atoms. The van der Waals surface area contributed by atoms with Gasteiger partial charge in [0.05, 0.1) is 23.4 Å². The molecule has 0 aliphatic heterocycles. The predicted octanol–water partition coefficient (Wildman–Crippen LogP) is 1.09. The highest BCUT2D eigenvalue weighted by Crippen LogP contribution is 2.29. The van der Waals surface area contributed by atoms with E-state index in [9.17, 15) is 9.59 Å². The third-order valence-corrected chi connectivity index (χ3v) is 2.60. The molecule has 7 heteroatoms. The molecule has 1 rings (SSSR count). The molecule has 0 heterocycles. The number of benzene rings is 1. The first-order chi connectivity index (χ1) is 8.36. The van der Waals surface area contributed by atoms with Crippen LogP contribution in [-0.2, 0) is 4.79 Å². The quantitative estimate of drug-likeness (QED) is 0.800. The highest BCUT2D eigenvalue weighted by Gasteiger charge is 2.20. The van der Waals surface area contributed by atoms with Crippen LogP contribution >= 0.6 is 11.6 Å². The van der Waals surface area contributed by atoms with Gasteiger partial charge in [-0.1, -0.05) is 11.6 Å². The Bertz CT molecular complexity index is 490. The zero-order valence-corrected chi connectivity index (χ0v) is 10.7. The van der Waals surface area contributed by atoms with Gasteiger partial charge in [0.25, 0.3) is 5.91 Å². The number of ether oxygens (including phenoxy) is 1. The summed E-state index contributed by atoms with van der Waals surface area (Å²) >= 11 is 5.83. The molecular formula is C11H13ClN2O4. The molecule has 0 spiro atoms. The van der Waals surface area contributed by atoms with Crippen molar-refractivity contribution in [1.82, 2.24) is 4.90 Å². The van der Waals surface area contributed by atoms with Gasteiger partial charge in [0.15, 0.2) is 0 Å². The van der Waals surface area contributed by atoms with Gasteiger partial charge in [0.1, 0.15) is 12.3 Å². The Morgan fingerprint density at radius 1 is 1.50 bits per heavy atom. The summed E-state index contributed by atoms with van der Waals surface area (Å²) in [6.07, 6.45) is 0. The number of halogens is 1. The van der Waals surface area contributed by atoms with E-state index in [2.05, 4.69) is 0 Å². The van der Waals surface area contributed by atoms with Crippen LogP contribution in [-0.4, -0.2) is 42.6 Å². The fraction of sp³-hybridized carbons (Fsp3) is 0.273. The minimum atomic E-state index is -1.11. The Morgan fingerprint density at radius 3 is 2.61 bits per heavy atom. The highest BCUT2D eigenvalue weighted by molar-refractivity contribution is 6.33. The zero-order valence-electron chi connectivity index (χ0n) is 9.94. The van der Waals surface area contributed by atoms with Crippen LogP contribution in [0.1, 0.15) is 10.4 Å². The molecule has 0 radical (unpaired) electrons. The number of hydrogen-bond acceptors (Lipinski definition) is 4. The van der Waals surface area contributed by atoms with Crippen molar-refractivity contribution < 1.29 is 19.4 Å². The monoisotopic (exact) mass is 272 g/mol. The van der Waals surface area contributed by atoms with Crippen LogP contribution in [0, 0.1) is 0 Å².